The maximum absolute atomic E-state index is 10.9. The second-order valence-corrected chi connectivity index (χ2v) is 2.97. The lowest BCUT2D eigenvalue weighted by atomic mass is 10.1. The number of aromatic amines is 1. The molecular formula is C10H9N3O. The van der Waals surface area contributed by atoms with E-state index in [2.05, 4.69) is 15.0 Å². The molecule has 70 valence electrons. The van der Waals surface area contributed by atoms with Gasteiger partial charge in [-0.05, 0) is 13.0 Å². The van der Waals surface area contributed by atoms with Crippen LogP contribution >= 0.6 is 0 Å². The van der Waals surface area contributed by atoms with Crippen LogP contribution in [0.2, 0.25) is 0 Å². The van der Waals surface area contributed by atoms with Gasteiger partial charge in [0.25, 0.3) is 0 Å². The van der Waals surface area contributed by atoms with Crippen molar-refractivity contribution < 1.29 is 0 Å². The largest absolute Gasteiger partial charge is 0.345 e. The number of rotatable bonds is 1. The average molecular weight is 187 g/mol. The molecule has 0 radical (unpaired) electrons. The van der Waals surface area contributed by atoms with Crippen LogP contribution in [0.25, 0.3) is 11.1 Å². The quantitative estimate of drug-likeness (QED) is 0.728. The summed E-state index contributed by atoms with van der Waals surface area (Å²) in [5.74, 6) is 0. The van der Waals surface area contributed by atoms with Gasteiger partial charge in [-0.15, -0.1) is 0 Å². The van der Waals surface area contributed by atoms with E-state index in [9.17, 15) is 4.79 Å². The minimum absolute atomic E-state index is 0.324. The standard InChI is InChI=1S/C10H9N3O/c1-7-9(6-12-10(14)13-7)8-3-2-4-11-5-8/h2-6H,1H3,(H,12,13,14). The predicted octanol–water partition coefficient (Wildman–Crippen LogP) is 1.14. The first kappa shape index (κ1) is 8.62. The van der Waals surface area contributed by atoms with Crippen molar-refractivity contribution in [2.75, 3.05) is 0 Å². The van der Waals surface area contributed by atoms with E-state index in [1.54, 1.807) is 18.6 Å². The highest BCUT2D eigenvalue weighted by molar-refractivity contribution is 5.63. The van der Waals surface area contributed by atoms with E-state index in [1.165, 1.54) is 0 Å². The second kappa shape index (κ2) is 3.41. The van der Waals surface area contributed by atoms with Crippen LogP contribution in [0, 0.1) is 6.92 Å². The molecule has 0 bridgehead atoms. The third kappa shape index (κ3) is 1.54. The fraction of sp³-hybridized carbons (Fsp3) is 0.100. The average Bonchev–Trinajstić information content (AvgIpc) is 2.19. The first-order valence-electron chi connectivity index (χ1n) is 4.24. The number of hydrogen-bond donors (Lipinski definition) is 1. The van der Waals surface area contributed by atoms with Gasteiger partial charge >= 0.3 is 5.69 Å². The minimum atomic E-state index is -0.324. The molecule has 0 saturated carbocycles. The van der Waals surface area contributed by atoms with Crippen LogP contribution in [0.4, 0.5) is 0 Å². The molecule has 4 nitrogen and oxygen atoms in total. The molecule has 0 atom stereocenters. The van der Waals surface area contributed by atoms with Crippen molar-refractivity contribution in [3.8, 4) is 11.1 Å². The topological polar surface area (TPSA) is 58.6 Å². The van der Waals surface area contributed by atoms with Gasteiger partial charge in [0.05, 0.1) is 0 Å². The molecule has 0 aromatic carbocycles. The summed E-state index contributed by atoms with van der Waals surface area (Å²) in [5, 5.41) is 0. The number of nitrogens with one attached hydrogen (secondary N) is 1. The molecule has 2 aromatic rings. The fourth-order valence-corrected chi connectivity index (χ4v) is 1.29. The summed E-state index contributed by atoms with van der Waals surface area (Å²) in [6.07, 6.45) is 5.01. The summed E-state index contributed by atoms with van der Waals surface area (Å²) in [4.78, 5) is 21.2. The molecule has 4 heteroatoms. The third-order valence-electron chi connectivity index (χ3n) is 1.98. The number of pyridine rings is 1. The van der Waals surface area contributed by atoms with E-state index in [0.29, 0.717) is 0 Å². The van der Waals surface area contributed by atoms with Crippen LogP contribution < -0.4 is 5.69 Å². The zero-order valence-corrected chi connectivity index (χ0v) is 7.69. The van der Waals surface area contributed by atoms with E-state index >= 15 is 0 Å². The van der Waals surface area contributed by atoms with Crippen LogP contribution in [0.5, 0.6) is 0 Å². The van der Waals surface area contributed by atoms with Gasteiger partial charge in [-0.25, -0.2) is 9.78 Å². The lowest BCUT2D eigenvalue weighted by Crippen LogP contribution is -2.11. The Morgan fingerprint density at radius 2 is 2.21 bits per heavy atom. The number of aryl methyl sites for hydroxylation is 1. The molecular weight excluding hydrogens is 178 g/mol. The van der Waals surface area contributed by atoms with Crippen LogP contribution in [0.1, 0.15) is 5.69 Å². The number of hydrogen-bond acceptors (Lipinski definition) is 3. The van der Waals surface area contributed by atoms with Crippen molar-refractivity contribution in [3.05, 3.63) is 46.9 Å². The third-order valence-corrected chi connectivity index (χ3v) is 1.98. The lowest BCUT2D eigenvalue weighted by molar-refractivity contribution is 1.03. The highest BCUT2D eigenvalue weighted by atomic mass is 16.1. The van der Waals surface area contributed by atoms with Crippen LogP contribution in [-0.4, -0.2) is 15.0 Å². The van der Waals surface area contributed by atoms with Crippen molar-refractivity contribution in [1.29, 1.82) is 0 Å². The summed E-state index contributed by atoms with van der Waals surface area (Å²) >= 11 is 0. The minimum Gasteiger partial charge on any atom is -0.309 e. The molecule has 14 heavy (non-hydrogen) atoms. The predicted molar refractivity (Wildman–Crippen MR) is 52.8 cm³/mol. The molecule has 0 aliphatic heterocycles. The van der Waals surface area contributed by atoms with Gasteiger partial charge in [-0.2, -0.15) is 0 Å². The normalized spacial score (nSPS) is 10.1. The number of H-pyrrole nitrogens is 1. The summed E-state index contributed by atoms with van der Waals surface area (Å²) < 4.78 is 0. The Balaban J connectivity index is 2.58. The lowest BCUT2D eigenvalue weighted by Gasteiger charge is -2.02. The van der Waals surface area contributed by atoms with Gasteiger partial charge in [-0.1, -0.05) is 6.07 Å². The first-order chi connectivity index (χ1) is 6.77. The van der Waals surface area contributed by atoms with Gasteiger partial charge < -0.3 is 4.98 Å². The molecule has 1 N–H and O–H groups in total. The molecule has 0 spiro atoms. The summed E-state index contributed by atoms with van der Waals surface area (Å²) in [5.41, 5.74) is 2.33. The molecule has 2 aromatic heterocycles. The van der Waals surface area contributed by atoms with Crippen molar-refractivity contribution in [2.24, 2.45) is 0 Å². The summed E-state index contributed by atoms with van der Waals surface area (Å²) in [7, 11) is 0. The van der Waals surface area contributed by atoms with Crippen LogP contribution in [0.15, 0.2) is 35.5 Å². The second-order valence-electron chi connectivity index (χ2n) is 2.97. The van der Waals surface area contributed by atoms with Gasteiger partial charge in [-0.3, -0.25) is 4.98 Å². The smallest absolute Gasteiger partial charge is 0.309 e. The number of nitrogens with zero attached hydrogens (tertiary/aromatic N) is 2. The van der Waals surface area contributed by atoms with E-state index in [1.807, 2.05) is 19.1 Å². The highest BCUT2D eigenvalue weighted by Crippen LogP contribution is 2.17. The maximum atomic E-state index is 10.9. The van der Waals surface area contributed by atoms with E-state index < -0.39 is 0 Å². The van der Waals surface area contributed by atoms with Crippen molar-refractivity contribution in [1.82, 2.24) is 15.0 Å². The molecule has 0 unspecified atom stereocenters. The van der Waals surface area contributed by atoms with E-state index in [-0.39, 0.29) is 5.69 Å². The van der Waals surface area contributed by atoms with Gasteiger partial charge in [0.1, 0.15) is 0 Å². The SMILES string of the molecule is Cc1[nH]c(=O)ncc1-c1cccnc1. The Bertz CT molecular complexity index is 490. The molecule has 2 heterocycles. The van der Waals surface area contributed by atoms with Crippen LogP contribution in [-0.2, 0) is 0 Å². The van der Waals surface area contributed by atoms with Gasteiger partial charge in [0.15, 0.2) is 0 Å². The van der Waals surface area contributed by atoms with E-state index in [0.717, 1.165) is 16.8 Å². The number of aromatic nitrogens is 3. The Morgan fingerprint density at radius 3 is 2.86 bits per heavy atom. The Hall–Kier alpha value is -1.97. The molecule has 0 amide bonds. The molecule has 0 saturated heterocycles. The highest BCUT2D eigenvalue weighted by Gasteiger charge is 2.02. The molecule has 0 aliphatic rings. The monoisotopic (exact) mass is 187 g/mol. The van der Waals surface area contributed by atoms with Crippen LogP contribution in [0.3, 0.4) is 0 Å². The first-order valence-corrected chi connectivity index (χ1v) is 4.24. The molecule has 0 fully saturated rings. The van der Waals surface area contributed by atoms with E-state index in [4.69, 9.17) is 0 Å². The summed E-state index contributed by atoms with van der Waals surface area (Å²) in [6.45, 7) is 1.84. The zero-order chi connectivity index (χ0) is 9.97. The van der Waals surface area contributed by atoms with Gasteiger partial charge in [0.2, 0.25) is 0 Å². The Labute approximate surface area is 80.7 Å². The van der Waals surface area contributed by atoms with Crippen molar-refractivity contribution >= 4 is 0 Å². The Morgan fingerprint density at radius 1 is 1.36 bits per heavy atom. The van der Waals surface area contributed by atoms with Crippen molar-refractivity contribution in [2.45, 2.75) is 6.92 Å². The molecule has 2 rings (SSSR count). The fourth-order valence-electron chi connectivity index (χ4n) is 1.29. The van der Waals surface area contributed by atoms with Gasteiger partial charge in [0, 0.05) is 35.4 Å². The van der Waals surface area contributed by atoms with Crippen molar-refractivity contribution in [3.63, 3.8) is 0 Å². The maximum Gasteiger partial charge on any atom is 0.345 e. The Kier molecular flexibility index (Phi) is 2.10. The zero-order valence-electron chi connectivity index (χ0n) is 7.69. The summed E-state index contributed by atoms with van der Waals surface area (Å²) in [6, 6.07) is 3.77. The molecule has 0 aliphatic carbocycles.